The maximum atomic E-state index is 11.9. The van der Waals surface area contributed by atoms with E-state index in [4.69, 9.17) is 21.1 Å². The predicted molar refractivity (Wildman–Crippen MR) is 78.4 cm³/mol. The molecule has 0 aliphatic rings. The molecule has 0 spiro atoms. The SMILES string of the molecule is COc1ccc(COCC(=O)c2ccccc2Cl)cc1. The highest BCUT2D eigenvalue weighted by Gasteiger charge is 2.09. The van der Waals surface area contributed by atoms with Gasteiger partial charge < -0.3 is 9.47 Å². The molecule has 0 atom stereocenters. The largest absolute Gasteiger partial charge is 0.497 e. The maximum Gasteiger partial charge on any atom is 0.189 e. The Hall–Kier alpha value is -1.84. The van der Waals surface area contributed by atoms with Crippen LogP contribution in [0.1, 0.15) is 15.9 Å². The fraction of sp³-hybridized carbons (Fsp3) is 0.188. The molecule has 0 amide bonds. The van der Waals surface area contributed by atoms with Crippen LogP contribution >= 0.6 is 11.6 Å². The minimum Gasteiger partial charge on any atom is -0.497 e. The number of ketones is 1. The van der Waals surface area contributed by atoms with Crippen LogP contribution in [0.4, 0.5) is 0 Å². The number of halogens is 1. The topological polar surface area (TPSA) is 35.5 Å². The van der Waals surface area contributed by atoms with Gasteiger partial charge in [0.2, 0.25) is 0 Å². The van der Waals surface area contributed by atoms with Gasteiger partial charge in [0.15, 0.2) is 5.78 Å². The Bertz CT molecular complexity index is 579. The first-order chi connectivity index (χ1) is 9.70. The summed E-state index contributed by atoms with van der Waals surface area (Å²) < 4.78 is 10.5. The summed E-state index contributed by atoms with van der Waals surface area (Å²) in [5.41, 5.74) is 1.47. The number of benzene rings is 2. The molecule has 0 aliphatic carbocycles. The van der Waals surface area contributed by atoms with Gasteiger partial charge in [-0.1, -0.05) is 35.9 Å². The molecular formula is C16H15ClO3. The van der Waals surface area contributed by atoms with Crippen LogP contribution < -0.4 is 4.74 Å². The molecule has 0 radical (unpaired) electrons. The quantitative estimate of drug-likeness (QED) is 0.760. The summed E-state index contributed by atoms with van der Waals surface area (Å²) >= 11 is 5.96. The second kappa shape index (κ2) is 7.08. The van der Waals surface area contributed by atoms with Crippen molar-refractivity contribution >= 4 is 17.4 Å². The Balaban J connectivity index is 1.86. The third-order valence-corrected chi connectivity index (χ3v) is 3.16. The third-order valence-electron chi connectivity index (χ3n) is 2.84. The number of carbonyl (C=O) groups is 1. The van der Waals surface area contributed by atoms with E-state index in [1.165, 1.54) is 0 Å². The van der Waals surface area contributed by atoms with E-state index in [-0.39, 0.29) is 12.4 Å². The zero-order valence-electron chi connectivity index (χ0n) is 11.1. The van der Waals surface area contributed by atoms with E-state index in [9.17, 15) is 4.79 Å². The average Bonchev–Trinajstić information content (AvgIpc) is 2.48. The second-order valence-corrected chi connectivity index (χ2v) is 4.65. The molecule has 0 heterocycles. The van der Waals surface area contributed by atoms with Crippen molar-refractivity contribution in [2.75, 3.05) is 13.7 Å². The standard InChI is InChI=1S/C16H15ClO3/c1-19-13-8-6-12(7-9-13)10-20-11-16(18)14-4-2-3-5-15(14)17/h2-9H,10-11H2,1H3. The van der Waals surface area contributed by atoms with Crippen LogP contribution in [-0.4, -0.2) is 19.5 Å². The predicted octanol–water partition coefficient (Wildman–Crippen LogP) is 3.75. The number of rotatable bonds is 6. The van der Waals surface area contributed by atoms with Gasteiger partial charge in [-0.05, 0) is 29.8 Å². The minimum atomic E-state index is -0.121. The molecule has 0 saturated heterocycles. The van der Waals surface area contributed by atoms with Crippen LogP contribution in [0.15, 0.2) is 48.5 Å². The molecule has 2 aromatic carbocycles. The monoisotopic (exact) mass is 290 g/mol. The average molecular weight is 291 g/mol. The normalized spacial score (nSPS) is 10.3. The lowest BCUT2D eigenvalue weighted by atomic mass is 10.1. The number of methoxy groups -OCH3 is 1. The van der Waals surface area contributed by atoms with E-state index in [2.05, 4.69) is 0 Å². The number of ether oxygens (including phenoxy) is 2. The van der Waals surface area contributed by atoms with Gasteiger partial charge in [-0.2, -0.15) is 0 Å². The Morgan fingerprint density at radius 1 is 1.10 bits per heavy atom. The molecule has 3 nitrogen and oxygen atoms in total. The van der Waals surface area contributed by atoms with E-state index >= 15 is 0 Å². The smallest absolute Gasteiger partial charge is 0.189 e. The van der Waals surface area contributed by atoms with E-state index < -0.39 is 0 Å². The first-order valence-electron chi connectivity index (χ1n) is 6.19. The van der Waals surface area contributed by atoms with Crippen molar-refractivity contribution in [3.8, 4) is 5.75 Å². The van der Waals surface area contributed by atoms with Gasteiger partial charge in [0.25, 0.3) is 0 Å². The zero-order chi connectivity index (χ0) is 14.4. The van der Waals surface area contributed by atoms with E-state index in [1.54, 1.807) is 31.4 Å². The molecule has 0 fully saturated rings. The maximum absolute atomic E-state index is 11.9. The Labute approximate surface area is 123 Å². The molecule has 0 unspecified atom stereocenters. The lowest BCUT2D eigenvalue weighted by molar-refractivity contribution is 0.0726. The van der Waals surface area contributed by atoms with E-state index in [1.807, 2.05) is 24.3 Å². The van der Waals surface area contributed by atoms with Crippen molar-refractivity contribution in [3.05, 3.63) is 64.7 Å². The Morgan fingerprint density at radius 2 is 1.80 bits per heavy atom. The van der Waals surface area contributed by atoms with Crippen LogP contribution in [0.5, 0.6) is 5.75 Å². The highest BCUT2D eigenvalue weighted by molar-refractivity contribution is 6.34. The van der Waals surface area contributed by atoms with Crippen LogP contribution in [0.25, 0.3) is 0 Å². The van der Waals surface area contributed by atoms with Gasteiger partial charge in [0.05, 0.1) is 18.7 Å². The molecule has 0 bridgehead atoms. The van der Waals surface area contributed by atoms with Gasteiger partial charge in [0, 0.05) is 5.56 Å². The summed E-state index contributed by atoms with van der Waals surface area (Å²) in [6, 6.07) is 14.5. The summed E-state index contributed by atoms with van der Waals surface area (Å²) in [5.74, 6) is 0.671. The third kappa shape index (κ3) is 3.83. The van der Waals surface area contributed by atoms with Crippen LogP contribution in [0.2, 0.25) is 5.02 Å². The van der Waals surface area contributed by atoms with Gasteiger partial charge >= 0.3 is 0 Å². The van der Waals surface area contributed by atoms with Gasteiger partial charge in [-0.3, -0.25) is 4.79 Å². The van der Waals surface area contributed by atoms with Gasteiger partial charge in [-0.15, -0.1) is 0 Å². The summed E-state index contributed by atoms with van der Waals surface area (Å²) in [5, 5.41) is 0.450. The first-order valence-corrected chi connectivity index (χ1v) is 6.57. The molecule has 20 heavy (non-hydrogen) atoms. The van der Waals surface area contributed by atoms with Gasteiger partial charge in [-0.25, -0.2) is 0 Å². The minimum absolute atomic E-state index is 0.00969. The number of Topliss-reactive ketones (excluding diaryl/α,β-unsaturated/α-hetero) is 1. The highest BCUT2D eigenvalue weighted by Crippen LogP contribution is 2.16. The number of carbonyl (C=O) groups excluding carboxylic acids is 1. The van der Waals surface area contributed by atoms with Crippen molar-refractivity contribution in [2.24, 2.45) is 0 Å². The highest BCUT2D eigenvalue weighted by atomic mass is 35.5. The van der Waals surface area contributed by atoms with Crippen molar-refractivity contribution in [1.82, 2.24) is 0 Å². The molecule has 0 N–H and O–H groups in total. The molecule has 104 valence electrons. The molecule has 4 heteroatoms. The molecule has 2 aromatic rings. The first kappa shape index (κ1) is 14.6. The fourth-order valence-electron chi connectivity index (χ4n) is 1.75. The Kier molecular flexibility index (Phi) is 5.16. The van der Waals surface area contributed by atoms with E-state index in [0.717, 1.165) is 11.3 Å². The molecule has 0 saturated carbocycles. The summed E-state index contributed by atoms with van der Waals surface area (Å²) in [4.78, 5) is 11.9. The zero-order valence-corrected chi connectivity index (χ0v) is 11.9. The van der Waals surface area contributed by atoms with Gasteiger partial charge in [0.1, 0.15) is 12.4 Å². The summed E-state index contributed by atoms with van der Waals surface area (Å²) in [7, 11) is 1.62. The Morgan fingerprint density at radius 3 is 2.45 bits per heavy atom. The molecular weight excluding hydrogens is 276 g/mol. The summed E-state index contributed by atoms with van der Waals surface area (Å²) in [6.07, 6.45) is 0. The summed E-state index contributed by atoms with van der Waals surface area (Å²) in [6.45, 7) is 0.385. The van der Waals surface area contributed by atoms with E-state index in [0.29, 0.717) is 17.2 Å². The lowest BCUT2D eigenvalue weighted by Gasteiger charge is -2.06. The fourth-order valence-corrected chi connectivity index (χ4v) is 1.99. The van der Waals surface area contributed by atoms with Crippen molar-refractivity contribution in [2.45, 2.75) is 6.61 Å². The van der Waals surface area contributed by atoms with Crippen LogP contribution in [0, 0.1) is 0 Å². The van der Waals surface area contributed by atoms with Crippen molar-refractivity contribution in [3.63, 3.8) is 0 Å². The number of hydrogen-bond acceptors (Lipinski definition) is 3. The number of hydrogen-bond donors (Lipinski definition) is 0. The van der Waals surface area contributed by atoms with Crippen molar-refractivity contribution < 1.29 is 14.3 Å². The van der Waals surface area contributed by atoms with Crippen LogP contribution in [0.3, 0.4) is 0 Å². The molecule has 0 aromatic heterocycles. The lowest BCUT2D eigenvalue weighted by Crippen LogP contribution is -2.09. The molecule has 2 rings (SSSR count). The molecule has 0 aliphatic heterocycles. The second-order valence-electron chi connectivity index (χ2n) is 4.24. The van der Waals surface area contributed by atoms with Crippen molar-refractivity contribution in [1.29, 1.82) is 0 Å². The van der Waals surface area contributed by atoms with Crippen LogP contribution in [-0.2, 0) is 11.3 Å².